The molecule has 98 valence electrons. The minimum atomic E-state index is -1.10. The van der Waals surface area contributed by atoms with E-state index in [4.69, 9.17) is 0 Å². The number of halogens is 1. The van der Waals surface area contributed by atoms with Gasteiger partial charge < -0.3 is 0 Å². The van der Waals surface area contributed by atoms with E-state index in [1.54, 1.807) is 6.07 Å². The van der Waals surface area contributed by atoms with Crippen molar-refractivity contribution in [2.75, 3.05) is 0 Å². The maximum absolute atomic E-state index is 11.8. The van der Waals surface area contributed by atoms with Crippen LogP contribution in [0.5, 0.6) is 0 Å². The zero-order chi connectivity index (χ0) is 14.3. The Kier molecular flexibility index (Phi) is 2.99. The van der Waals surface area contributed by atoms with Gasteiger partial charge in [-0.3, -0.25) is 10.1 Å². The largest absolute Gasteiger partial charge is 0.478 e. The van der Waals surface area contributed by atoms with Crippen LogP contribution in [0.15, 0.2) is 53.0 Å². The molecule has 3 aromatic carbocycles. The van der Waals surface area contributed by atoms with Gasteiger partial charge in [0.2, 0.25) is 0 Å². The molecule has 0 aromatic heterocycles. The Hall–Kier alpha value is -2.27. The first kappa shape index (κ1) is 12.7. The Labute approximate surface area is 122 Å². The predicted octanol–water partition coefficient (Wildman–Crippen LogP) is 4.17. The lowest BCUT2D eigenvalue weighted by Gasteiger charge is -2.06. The summed E-state index contributed by atoms with van der Waals surface area (Å²) in [4.78, 5) is 21.7. The molecule has 0 atom stereocenters. The standard InChI is InChI=1S/C15H8BrNO3/c16-13-6-5-11-7-9-3-1-2-4-10(9)8-12(11)14(13)15(18)17(19)20/h1-8H. The fraction of sp³-hybridized carbons (Fsp3) is 0. The number of benzene rings is 3. The molecular formula is C15H8BrNO3. The van der Waals surface area contributed by atoms with E-state index in [1.807, 2.05) is 42.5 Å². The van der Waals surface area contributed by atoms with Gasteiger partial charge in [-0.15, -0.1) is 0 Å². The minimum absolute atomic E-state index is 0.0956. The van der Waals surface area contributed by atoms with Gasteiger partial charge in [-0.1, -0.05) is 30.3 Å². The number of carbonyl (C=O) groups is 1. The summed E-state index contributed by atoms with van der Waals surface area (Å²) in [6.45, 7) is 0. The number of nitro groups is 1. The third-order valence-corrected chi connectivity index (χ3v) is 3.88. The van der Waals surface area contributed by atoms with Crippen molar-refractivity contribution in [2.45, 2.75) is 0 Å². The van der Waals surface area contributed by atoms with Gasteiger partial charge in [0.05, 0.1) is 0 Å². The molecule has 0 fully saturated rings. The van der Waals surface area contributed by atoms with E-state index < -0.39 is 10.8 Å². The van der Waals surface area contributed by atoms with Crippen molar-refractivity contribution < 1.29 is 9.72 Å². The highest BCUT2D eigenvalue weighted by Crippen LogP contribution is 2.30. The molecule has 20 heavy (non-hydrogen) atoms. The van der Waals surface area contributed by atoms with Crippen LogP contribution in [-0.4, -0.2) is 10.8 Å². The molecule has 0 N–H and O–H groups in total. The third kappa shape index (κ3) is 1.96. The second kappa shape index (κ2) is 4.68. The Morgan fingerprint density at radius 1 is 1.00 bits per heavy atom. The van der Waals surface area contributed by atoms with Gasteiger partial charge in [0.1, 0.15) is 10.5 Å². The first-order valence-corrected chi connectivity index (χ1v) is 6.67. The van der Waals surface area contributed by atoms with Crippen LogP contribution in [0.25, 0.3) is 21.5 Å². The zero-order valence-corrected chi connectivity index (χ0v) is 11.8. The number of carbonyl (C=O) groups excluding carboxylic acids is 1. The number of hydrogen-bond acceptors (Lipinski definition) is 3. The van der Waals surface area contributed by atoms with E-state index in [-0.39, 0.29) is 5.56 Å². The fourth-order valence-corrected chi connectivity index (χ4v) is 2.81. The van der Waals surface area contributed by atoms with Gasteiger partial charge in [-0.05, 0) is 50.3 Å². The van der Waals surface area contributed by atoms with Crippen LogP contribution in [0.2, 0.25) is 0 Å². The summed E-state index contributed by atoms with van der Waals surface area (Å²) < 4.78 is 0.432. The molecule has 4 nitrogen and oxygen atoms in total. The molecule has 0 aliphatic heterocycles. The van der Waals surface area contributed by atoms with E-state index in [0.717, 1.165) is 16.2 Å². The summed E-state index contributed by atoms with van der Waals surface area (Å²) in [5, 5.41) is 14.2. The molecule has 5 heteroatoms. The van der Waals surface area contributed by atoms with E-state index in [1.165, 1.54) is 0 Å². The summed E-state index contributed by atoms with van der Waals surface area (Å²) in [5.41, 5.74) is 0.0956. The van der Waals surface area contributed by atoms with Gasteiger partial charge in [0.15, 0.2) is 0 Å². The molecule has 3 rings (SSSR count). The van der Waals surface area contributed by atoms with Crippen LogP contribution in [0.3, 0.4) is 0 Å². The van der Waals surface area contributed by atoms with Crippen LogP contribution < -0.4 is 0 Å². The highest BCUT2D eigenvalue weighted by atomic mass is 79.9. The predicted molar refractivity (Wildman–Crippen MR) is 80.5 cm³/mol. The molecule has 0 bridgehead atoms. The number of rotatable bonds is 1. The van der Waals surface area contributed by atoms with Crippen molar-refractivity contribution in [3.8, 4) is 0 Å². The van der Waals surface area contributed by atoms with Crippen molar-refractivity contribution in [1.29, 1.82) is 0 Å². The van der Waals surface area contributed by atoms with Gasteiger partial charge >= 0.3 is 5.91 Å². The summed E-state index contributed by atoms with van der Waals surface area (Å²) in [7, 11) is 0. The summed E-state index contributed by atoms with van der Waals surface area (Å²) in [6, 6.07) is 14.9. The smallest absolute Gasteiger partial charge is 0.255 e. The van der Waals surface area contributed by atoms with Crippen LogP contribution in [-0.2, 0) is 0 Å². The number of hydrogen-bond donors (Lipinski definition) is 0. The maximum Gasteiger partial charge on any atom is 0.478 e. The fourth-order valence-electron chi connectivity index (χ4n) is 2.30. The Bertz CT molecular complexity index is 874. The molecule has 0 unspecified atom stereocenters. The molecular weight excluding hydrogens is 322 g/mol. The zero-order valence-electron chi connectivity index (χ0n) is 10.2. The van der Waals surface area contributed by atoms with Crippen molar-refractivity contribution in [2.24, 2.45) is 0 Å². The lowest BCUT2D eigenvalue weighted by Crippen LogP contribution is -2.12. The Morgan fingerprint density at radius 2 is 1.65 bits per heavy atom. The SMILES string of the molecule is O=C(c1c(Br)ccc2cc3ccccc3cc12)[N+](=O)[O-]. The molecule has 0 saturated carbocycles. The minimum Gasteiger partial charge on any atom is -0.255 e. The normalized spacial score (nSPS) is 10.8. The third-order valence-electron chi connectivity index (χ3n) is 3.21. The Balaban J connectivity index is 2.43. The number of nitrogens with zero attached hydrogens (tertiary/aromatic N) is 1. The van der Waals surface area contributed by atoms with Crippen molar-refractivity contribution in [1.82, 2.24) is 0 Å². The lowest BCUT2D eigenvalue weighted by atomic mass is 9.99. The van der Waals surface area contributed by atoms with Gasteiger partial charge in [-0.2, -0.15) is 0 Å². The van der Waals surface area contributed by atoms with Crippen molar-refractivity contribution in [3.05, 3.63) is 68.7 Å². The molecule has 0 aliphatic carbocycles. The molecule has 1 amide bonds. The van der Waals surface area contributed by atoms with E-state index in [2.05, 4.69) is 15.9 Å². The van der Waals surface area contributed by atoms with Crippen LogP contribution in [0, 0.1) is 10.1 Å². The van der Waals surface area contributed by atoms with Crippen molar-refractivity contribution >= 4 is 43.4 Å². The van der Waals surface area contributed by atoms with Gasteiger partial charge in [0, 0.05) is 9.86 Å². The molecule has 0 spiro atoms. The average Bonchev–Trinajstić information content (AvgIpc) is 2.44. The Morgan fingerprint density at radius 3 is 2.30 bits per heavy atom. The maximum atomic E-state index is 11.8. The molecule has 0 saturated heterocycles. The van der Waals surface area contributed by atoms with Crippen LogP contribution in [0.1, 0.15) is 10.4 Å². The second-order valence-corrected chi connectivity index (χ2v) is 5.26. The van der Waals surface area contributed by atoms with Gasteiger partial charge in [0.25, 0.3) is 0 Å². The molecule has 3 aromatic rings. The van der Waals surface area contributed by atoms with E-state index >= 15 is 0 Å². The molecule has 0 heterocycles. The molecule has 0 radical (unpaired) electrons. The highest BCUT2D eigenvalue weighted by molar-refractivity contribution is 9.10. The lowest BCUT2D eigenvalue weighted by molar-refractivity contribution is -0.375. The topological polar surface area (TPSA) is 60.2 Å². The second-order valence-electron chi connectivity index (χ2n) is 4.41. The number of amides is 1. The monoisotopic (exact) mass is 329 g/mol. The molecule has 0 aliphatic rings. The van der Waals surface area contributed by atoms with E-state index in [9.17, 15) is 14.9 Å². The van der Waals surface area contributed by atoms with Gasteiger partial charge in [-0.25, -0.2) is 4.79 Å². The van der Waals surface area contributed by atoms with Crippen LogP contribution in [0.4, 0.5) is 0 Å². The van der Waals surface area contributed by atoms with Crippen LogP contribution >= 0.6 is 15.9 Å². The summed E-state index contributed by atoms with van der Waals surface area (Å²) in [6.07, 6.45) is 0. The van der Waals surface area contributed by atoms with Crippen molar-refractivity contribution in [3.63, 3.8) is 0 Å². The first-order chi connectivity index (χ1) is 9.58. The summed E-state index contributed by atoms with van der Waals surface area (Å²) >= 11 is 3.23. The first-order valence-electron chi connectivity index (χ1n) is 5.87. The average molecular weight is 330 g/mol. The number of fused-ring (bicyclic) bond motifs is 2. The van der Waals surface area contributed by atoms with E-state index in [0.29, 0.717) is 9.86 Å². The summed E-state index contributed by atoms with van der Waals surface area (Å²) in [5.74, 6) is -1.10. The quantitative estimate of drug-likeness (QED) is 0.382. The highest BCUT2D eigenvalue weighted by Gasteiger charge is 2.24.